The molecule has 2 aliphatic rings. The van der Waals surface area contributed by atoms with Crippen molar-refractivity contribution >= 4 is 11.4 Å². The molecule has 0 saturated carbocycles. The maximum absolute atomic E-state index is 10.5. The van der Waals surface area contributed by atoms with Gasteiger partial charge in [0.25, 0.3) is 0 Å². The van der Waals surface area contributed by atoms with Crippen molar-refractivity contribution in [3.8, 4) is 5.75 Å². The third kappa shape index (κ3) is 4.96. The van der Waals surface area contributed by atoms with Crippen LogP contribution in [-0.4, -0.2) is 23.7 Å². The summed E-state index contributed by atoms with van der Waals surface area (Å²) in [6, 6.07) is 24.6. The smallest absolute Gasteiger partial charge is 0.115 e. The largest absolute Gasteiger partial charge is 0.508 e. The summed E-state index contributed by atoms with van der Waals surface area (Å²) in [6.45, 7) is 16.7. The van der Waals surface area contributed by atoms with Gasteiger partial charge in [-0.25, -0.2) is 0 Å². The first kappa shape index (κ1) is 26.4. The quantitative estimate of drug-likeness (QED) is 0.321. The summed E-state index contributed by atoms with van der Waals surface area (Å²) in [4.78, 5) is 2.69. The number of phenols is 1. The third-order valence-corrected chi connectivity index (χ3v) is 8.95. The van der Waals surface area contributed by atoms with Crippen LogP contribution < -0.4 is 10.2 Å². The molecule has 2 N–H and O–H groups in total. The highest BCUT2D eigenvalue weighted by Gasteiger charge is 2.49. The van der Waals surface area contributed by atoms with Gasteiger partial charge in [-0.15, -0.1) is 0 Å². The first-order valence-electron chi connectivity index (χ1n) is 14.4. The molecule has 2 atom stereocenters. The Morgan fingerprint density at radius 3 is 2.11 bits per heavy atom. The Labute approximate surface area is 229 Å². The predicted molar refractivity (Wildman–Crippen MR) is 161 cm³/mol. The maximum Gasteiger partial charge on any atom is 0.115 e. The van der Waals surface area contributed by atoms with Gasteiger partial charge < -0.3 is 15.3 Å². The molecule has 0 spiro atoms. The summed E-state index contributed by atoms with van der Waals surface area (Å²) < 4.78 is 0. The number of aryl methyl sites for hydroxylation is 1. The second kappa shape index (κ2) is 10.5. The molecule has 3 aromatic carbocycles. The molecule has 2 saturated heterocycles. The average molecular weight is 509 g/mol. The van der Waals surface area contributed by atoms with Gasteiger partial charge in [0.1, 0.15) is 5.75 Å². The molecule has 200 valence electrons. The van der Waals surface area contributed by atoms with Crippen LogP contribution in [0.25, 0.3) is 5.70 Å². The van der Waals surface area contributed by atoms with E-state index in [1.54, 1.807) is 6.07 Å². The Morgan fingerprint density at radius 1 is 0.921 bits per heavy atom. The van der Waals surface area contributed by atoms with Crippen LogP contribution >= 0.6 is 0 Å². The van der Waals surface area contributed by atoms with E-state index < -0.39 is 0 Å². The van der Waals surface area contributed by atoms with Gasteiger partial charge in [-0.2, -0.15) is 0 Å². The van der Waals surface area contributed by atoms with Crippen molar-refractivity contribution in [1.29, 1.82) is 0 Å². The molecular formula is C35H44N2O. The third-order valence-electron chi connectivity index (χ3n) is 8.95. The molecule has 5 rings (SSSR count). The minimum Gasteiger partial charge on any atom is -0.508 e. The zero-order chi connectivity index (χ0) is 27.0. The van der Waals surface area contributed by atoms with E-state index in [1.807, 2.05) is 12.1 Å². The van der Waals surface area contributed by atoms with Crippen LogP contribution in [-0.2, 0) is 5.41 Å². The van der Waals surface area contributed by atoms with Gasteiger partial charge in [-0.3, -0.25) is 0 Å². The number of phenolic OH excluding ortho intramolecular Hbond substituents is 1. The van der Waals surface area contributed by atoms with Crippen LogP contribution in [0.5, 0.6) is 5.75 Å². The predicted octanol–water partition coefficient (Wildman–Crippen LogP) is 8.28. The molecule has 3 heteroatoms. The molecule has 0 aromatic heterocycles. The molecule has 2 unspecified atom stereocenters. The topological polar surface area (TPSA) is 35.5 Å². The number of nitrogens with one attached hydrogen (secondary N) is 1. The van der Waals surface area contributed by atoms with Gasteiger partial charge >= 0.3 is 0 Å². The van der Waals surface area contributed by atoms with Crippen LogP contribution in [0.15, 0.2) is 73.3 Å². The van der Waals surface area contributed by atoms with E-state index in [0.717, 1.165) is 25.1 Å². The molecular weight excluding hydrogens is 464 g/mol. The van der Waals surface area contributed by atoms with Crippen LogP contribution in [0.3, 0.4) is 0 Å². The van der Waals surface area contributed by atoms with E-state index in [1.165, 1.54) is 46.3 Å². The standard InChI is InChI=1S/C35H44N2O/c1-23(2)32-14-9-15-33(24(3)4)34(32)26(6)36-22-35(27-11-8-13-31(38)19-27)20-29-16-17-30(21-35)37(29)28-12-7-10-25(5)18-28/h7-15,18-19,23-24,29-30,36,38H,6,16-17,20-22H2,1-5H3. The maximum atomic E-state index is 10.5. The first-order chi connectivity index (χ1) is 18.2. The first-order valence-corrected chi connectivity index (χ1v) is 14.4. The van der Waals surface area contributed by atoms with E-state index in [2.05, 4.69) is 99.9 Å². The summed E-state index contributed by atoms with van der Waals surface area (Å²) in [6.07, 6.45) is 4.55. The van der Waals surface area contributed by atoms with Crippen LogP contribution in [0.1, 0.15) is 93.0 Å². The van der Waals surface area contributed by atoms with Gasteiger partial charge in [-0.05, 0) is 91.0 Å². The van der Waals surface area contributed by atoms with E-state index >= 15 is 0 Å². The van der Waals surface area contributed by atoms with Crippen LogP contribution in [0, 0.1) is 6.92 Å². The monoisotopic (exact) mass is 508 g/mol. The SMILES string of the molecule is C=C(NCC1(c2cccc(O)c2)CC2CCC(C1)N2c1cccc(C)c1)c1c(C(C)C)cccc1C(C)C. The lowest BCUT2D eigenvalue weighted by molar-refractivity contribution is 0.276. The second-order valence-electron chi connectivity index (χ2n) is 12.3. The van der Waals surface area contributed by atoms with Crippen molar-refractivity contribution in [1.82, 2.24) is 5.32 Å². The lowest BCUT2D eigenvalue weighted by Crippen LogP contribution is -2.53. The number of piperidine rings is 1. The van der Waals surface area contributed by atoms with Gasteiger partial charge in [0.15, 0.2) is 0 Å². The number of aromatic hydroxyl groups is 1. The van der Waals surface area contributed by atoms with E-state index in [4.69, 9.17) is 0 Å². The molecule has 2 fully saturated rings. The van der Waals surface area contributed by atoms with Crippen molar-refractivity contribution in [2.75, 3.05) is 11.4 Å². The molecule has 2 aliphatic heterocycles. The number of fused-ring (bicyclic) bond motifs is 2. The molecule has 38 heavy (non-hydrogen) atoms. The van der Waals surface area contributed by atoms with Gasteiger partial charge in [0.05, 0.1) is 0 Å². The van der Waals surface area contributed by atoms with E-state index in [0.29, 0.717) is 29.7 Å². The number of rotatable bonds is 8. The average Bonchev–Trinajstić information content (AvgIpc) is 3.17. The van der Waals surface area contributed by atoms with E-state index in [9.17, 15) is 5.11 Å². The van der Waals surface area contributed by atoms with Crippen molar-refractivity contribution < 1.29 is 5.11 Å². The summed E-state index contributed by atoms with van der Waals surface area (Å²) in [5.41, 5.74) is 8.85. The highest BCUT2D eigenvalue weighted by molar-refractivity contribution is 5.69. The number of hydrogen-bond acceptors (Lipinski definition) is 3. The van der Waals surface area contributed by atoms with Gasteiger partial charge in [0.2, 0.25) is 0 Å². The second-order valence-corrected chi connectivity index (χ2v) is 12.3. The highest BCUT2D eigenvalue weighted by atomic mass is 16.3. The number of nitrogens with zero attached hydrogens (tertiary/aromatic N) is 1. The molecule has 0 amide bonds. The molecule has 3 nitrogen and oxygen atoms in total. The zero-order valence-corrected chi connectivity index (χ0v) is 23.8. The Morgan fingerprint density at radius 2 is 1.53 bits per heavy atom. The fourth-order valence-corrected chi connectivity index (χ4v) is 7.14. The molecule has 3 aromatic rings. The molecule has 2 heterocycles. The minimum absolute atomic E-state index is 0.0708. The highest BCUT2D eigenvalue weighted by Crippen LogP contribution is 2.49. The molecule has 0 radical (unpaired) electrons. The van der Waals surface area contributed by atoms with E-state index in [-0.39, 0.29) is 5.41 Å². The number of hydrogen-bond donors (Lipinski definition) is 2. The summed E-state index contributed by atoms with van der Waals surface area (Å²) in [5, 5.41) is 14.3. The van der Waals surface area contributed by atoms with Crippen molar-refractivity contribution in [2.24, 2.45) is 0 Å². The Hall–Kier alpha value is -3.20. The van der Waals surface area contributed by atoms with Crippen molar-refractivity contribution in [2.45, 2.75) is 89.6 Å². The summed E-state index contributed by atoms with van der Waals surface area (Å²) in [5.74, 6) is 1.20. The van der Waals surface area contributed by atoms with Crippen LogP contribution in [0.2, 0.25) is 0 Å². The minimum atomic E-state index is -0.0708. The Balaban J connectivity index is 1.48. The zero-order valence-electron chi connectivity index (χ0n) is 23.8. The summed E-state index contributed by atoms with van der Waals surface area (Å²) in [7, 11) is 0. The fourth-order valence-electron chi connectivity index (χ4n) is 7.14. The van der Waals surface area contributed by atoms with Crippen molar-refractivity contribution in [3.05, 3.63) is 101 Å². The fraction of sp³-hybridized carbons (Fsp3) is 0.429. The van der Waals surface area contributed by atoms with Gasteiger partial charge in [0, 0.05) is 41.0 Å². The lowest BCUT2D eigenvalue weighted by atomic mass is 9.69. The summed E-state index contributed by atoms with van der Waals surface area (Å²) >= 11 is 0. The molecule has 0 aliphatic carbocycles. The van der Waals surface area contributed by atoms with Gasteiger partial charge in [-0.1, -0.05) is 76.7 Å². The van der Waals surface area contributed by atoms with Crippen LogP contribution in [0.4, 0.5) is 5.69 Å². The molecule has 2 bridgehead atoms. The normalized spacial score (nSPS) is 22.8. The number of benzene rings is 3. The number of anilines is 1. The Bertz CT molecular complexity index is 1270. The van der Waals surface area contributed by atoms with Crippen molar-refractivity contribution in [3.63, 3.8) is 0 Å². The lowest BCUT2D eigenvalue weighted by Gasteiger charge is -2.48. The Kier molecular flexibility index (Phi) is 7.31.